The molecule has 0 atom stereocenters. The van der Waals surface area contributed by atoms with Crippen LogP contribution in [0, 0.1) is 5.82 Å². The summed E-state index contributed by atoms with van der Waals surface area (Å²) in [6.45, 7) is 1.63. The number of benzene rings is 2. The fourth-order valence-corrected chi connectivity index (χ4v) is 2.39. The number of thiocarbonyl (C=S) groups is 1. The number of fused-ring (bicyclic) bond motifs is 1. The molecular weight excluding hydrogens is 387 g/mol. The van der Waals surface area contributed by atoms with Gasteiger partial charge >= 0.3 is 0 Å². The van der Waals surface area contributed by atoms with E-state index in [9.17, 15) is 9.18 Å². The highest BCUT2D eigenvalue weighted by Gasteiger charge is 2.14. The number of halogens is 1. The minimum Gasteiger partial charge on any atom is -0.454 e. The molecule has 0 radical (unpaired) electrons. The fraction of sp³-hybridized carbons (Fsp3) is 0.167. The van der Waals surface area contributed by atoms with Crippen molar-refractivity contribution in [3.05, 3.63) is 53.8 Å². The lowest BCUT2D eigenvalue weighted by Gasteiger charge is -2.11. The highest BCUT2D eigenvalue weighted by molar-refractivity contribution is 7.80. The van der Waals surface area contributed by atoms with Crippen LogP contribution in [-0.4, -0.2) is 30.1 Å². The van der Waals surface area contributed by atoms with Gasteiger partial charge in [0.15, 0.2) is 23.2 Å². The van der Waals surface area contributed by atoms with Gasteiger partial charge in [0.05, 0.1) is 5.71 Å². The first-order valence-electron chi connectivity index (χ1n) is 8.19. The number of carbonyl (C=O) groups is 1. The van der Waals surface area contributed by atoms with Crippen molar-refractivity contribution in [2.75, 3.05) is 18.7 Å². The second-order valence-corrected chi connectivity index (χ2v) is 6.06. The maximum absolute atomic E-state index is 12.9. The van der Waals surface area contributed by atoms with Crippen LogP contribution in [0.25, 0.3) is 0 Å². The third-order valence-corrected chi connectivity index (χ3v) is 3.81. The largest absolute Gasteiger partial charge is 0.454 e. The van der Waals surface area contributed by atoms with Crippen molar-refractivity contribution < 1.29 is 23.5 Å². The molecule has 0 fully saturated rings. The Hall–Kier alpha value is -3.40. The van der Waals surface area contributed by atoms with Gasteiger partial charge in [-0.1, -0.05) is 5.16 Å². The molecule has 0 saturated heterocycles. The molecule has 0 spiro atoms. The summed E-state index contributed by atoms with van der Waals surface area (Å²) in [4.78, 5) is 16.8. The number of hydrogen-bond acceptors (Lipinski definition) is 6. The molecule has 3 N–H and O–H groups in total. The van der Waals surface area contributed by atoms with E-state index in [0.717, 1.165) is 5.56 Å². The molecule has 0 aromatic heterocycles. The summed E-state index contributed by atoms with van der Waals surface area (Å²) in [6.07, 6.45) is 0. The number of hydrogen-bond donors (Lipinski definition) is 3. The Labute approximate surface area is 165 Å². The van der Waals surface area contributed by atoms with Crippen molar-refractivity contribution in [3.8, 4) is 11.5 Å². The average molecular weight is 404 g/mol. The first-order valence-corrected chi connectivity index (χ1v) is 8.60. The molecule has 10 heteroatoms. The number of ether oxygens (including phenoxy) is 2. The molecule has 28 heavy (non-hydrogen) atoms. The van der Waals surface area contributed by atoms with Crippen LogP contribution < -0.4 is 25.6 Å². The SMILES string of the molecule is C/C(=N/OCC(=O)NNC(=S)Nc1ccc(F)cc1)c1ccc2c(c1)OCO2. The lowest BCUT2D eigenvalue weighted by atomic mass is 10.1. The zero-order chi connectivity index (χ0) is 19.9. The van der Waals surface area contributed by atoms with E-state index in [4.69, 9.17) is 26.5 Å². The molecule has 3 rings (SSSR count). The third-order valence-electron chi connectivity index (χ3n) is 3.61. The van der Waals surface area contributed by atoms with Gasteiger partial charge in [0.1, 0.15) is 5.82 Å². The minimum absolute atomic E-state index is 0.139. The van der Waals surface area contributed by atoms with Gasteiger partial charge in [0.2, 0.25) is 6.79 Å². The summed E-state index contributed by atoms with van der Waals surface area (Å²) in [5, 5.41) is 6.84. The van der Waals surface area contributed by atoms with E-state index in [1.54, 1.807) is 19.1 Å². The maximum atomic E-state index is 12.9. The van der Waals surface area contributed by atoms with Crippen molar-refractivity contribution in [2.24, 2.45) is 5.16 Å². The predicted octanol–water partition coefficient (Wildman–Crippen LogP) is 2.31. The number of hydrazine groups is 1. The summed E-state index contributed by atoms with van der Waals surface area (Å²) >= 11 is 5.02. The number of oxime groups is 1. The van der Waals surface area contributed by atoms with Crippen LogP contribution in [0.3, 0.4) is 0 Å². The van der Waals surface area contributed by atoms with E-state index in [2.05, 4.69) is 21.3 Å². The number of carbonyl (C=O) groups excluding carboxylic acids is 1. The lowest BCUT2D eigenvalue weighted by Crippen LogP contribution is -2.45. The Kier molecular flexibility index (Phi) is 6.22. The second-order valence-electron chi connectivity index (χ2n) is 5.65. The number of nitrogens with zero attached hydrogens (tertiary/aromatic N) is 1. The fourth-order valence-electron chi connectivity index (χ4n) is 2.22. The maximum Gasteiger partial charge on any atom is 0.279 e. The summed E-state index contributed by atoms with van der Waals surface area (Å²) in [7, 11) is 0. The van der Waals surface area contributed by atoms with Gasteiger partial charge in [-0.3, -0.25) is 15.6 Å². The number of rotatable bonds is 5. The lowest BCUT2D eigenvalue weighted by molar-refractivity contribution is -0.126. The molecule has 0 aliphatic carbocycles. The third kappa shape index (κ3) is 5.30. The molecular formula is C18H17FN4O4S. The van der Waals surface area contributed by atoms with Crippen LogP contribution in [-0.2, 0) is 9.63 Å². The van der Waals surface area contributed by atoms with Gasteiger partial charge in [-0.25, -0.2) is 4.39 Å². The standard InChI is InChI=1S/C18H17FN4O4S/c1-11(12-2-7-15-16(8-12)26-10-25-15)23-27-9-17(24)21-22-18(28)20-14-5-3-13(19)4-6-14/h2-8H,9-10H2,1H3,(H,21,24)(H2,20,22,28)/b23-11-. The highest BCUT2D eigenvalue weighted by Crippen LogP contribution is 2.32. The Morgan fingerprint density at radius 2 is 1.93 bits per heavy atom. The van der Waals surface area contributed by atoms with Crippen LogP contribution in [0.4, 0.5) is 10.1 Å². The Morgan fingerprint density at radius 3 is 2.71 bits per heavy atom. The van der Waals surface area contributed by atoms with Crippen molar-refractivity contribution in [3.63, 3.8) is 0 Å². The molecule has 1 amide bonds. The van der Waals surface area contributed by atoms with Gasteiger partial charge < -0.3 is 19.6 Å². The quantitative estimate of drug-likeness (QED) is 0.400. The minimum atomic E-state index is -0.481. The van der Waals surface area contributed by atoms with Crippen LogP contribution in [0.5, 0.6) is 11.5 Å². The summed E-state index contributed by atoms with van der Waals surface area (Å²) in [5.41, 5.74) is 6.81. The van der Waals surface area contributed by atoms with Crippen LogP contribution in [0.1, 0.15) is 12.5 Å². The van der Waals surface area contributed by atoms with Gasteiger partial charge in [-0.15, -0.1) is 0 Å². The van der Waals surface area contributed by atoms with E-state index < -0.39 is 5.91 Å². The average Bonchev–Trinajstić information content (AvgIpc) is 3.16. The normalized spacial score (nSPS) is 12.3. The molecule has 2 aromatic carbocycles. The highest BCUT2D eigenvalue weighted by atomic mass is 32.1. The van der Waals surface area contributed by atoms with E-state index in [1.165, 1.54) is 24.3 Å². The molecule has 0 bridgehead atoms. The molecule has 8 nitrogen and oxygen atoms in total. The number of anilines is 1. The van der Waals surface area contributed by atoms with Crippen LogP contribution >= 0.6 is 12.2 Å². The molecule has 2 aromatic rings. The zero-order valence-electron chi connectivity index (χ0n) is 14.8. The first-order chi connectivity index (χ1) is 13.5. The van der Waals surface area contributed by atoms with Gasteiger partial charge in [-0.2, -0.15) is 0 Å². The van der Waals surface area contributed by atoms with Crippen LogP contribution in [0.2, 0.25) is 0 Å². The summed E-state index contributed by atoms with van der Waals surface area (Å²) < 4.78 is 23.4. The zero-order valence-corrected chi connectivity index (χ0v) is 15.6. The van der Waals surface area contributed by atoms with E-state index in [0.29, 0.717) is 22.9 Å². The van der Waals surface area contributed by atoms with E-state index in [1.807, 2.05) is 6.07 Å². The molecule has 0 saturated carbocycles. The topological polar surface area (TPSA) is 93.2 Å². The Balaban J connectivity index is 1.40. The summed E-state index contributed by atoms with van der Waals surface area (Å²) in [6, 6.07) is 11.0. The predicted molar refractivity (Wildman–Crippen MR) is 105 cm³/mol. The number of nitrogens with one attached hydrogen (secondary N) is 3. The van der Waals surface area contributed by atoms with E-state index >= 15 is 0 Å². The molecule has 1 aliphatic heterocycles. The first kappa shape index (κ1) is 19.4. The molecule has 1 heterocycles. The smallest absolute Gasteiger partial charge is 0.279 e. The molecule has 146 valence electrons. The van der Waals surface area contributed by atoms with E-state index in [-0.39, 0.29) is 24.3 Å². The monoisotopic (exact) mass is 404 g/mol. The van der Waals surface area contributed by atoms with Crippen LogP contribution in [0.15, 0.2) is 47.6 Å². The summed E-state index contributed by atoms with van der Waals surface area (Å²) in [5.74, 6) is 0.473. The van der Waals surface area contributed by atoms with Gasteiger partial charge in [-0.05, 0) is 61.6 Å². The molecule has 1 aliphatic rings. The van der Waals surface area contributed by atoms with Crippen molar-refractivity contribution in [1.82, 2.24) is 10.9 Å². The van der Waals surface area contributed by atoms with Gasteiger partial charge in [0.25, 0.3) is 5.91 Å². The molecule has 0 unspecified atom stereocenters. The Morgan fingerprint density at radius 1 is 1.18 bits per heavy atom. The Bertz CT molecular complexity index is 905. The van der Waals surface area contributed by atoms with Crippen molar-refractivity contribution in [2.45, 2.75) is 6.92 Å². The van der Waals surface area contributed by atoms with Crippen molar-refractivity contribution >= 4 is 34.6 Å². The second kappa shape index (κ2) is 9.00. The number of amides is 1. The van der Waals surface area contributed by atoms with Crippen molar-refractivity contribution in [1.29, 1.82) is 0 Å². The van der Waals surface area contributed by atoms with Gasteiger partial charge in [0, 0.05) is 11.3 Å².